The zero-order chi connectivity index (χ0) is 40.6. The number of H-pyrrole nitrogens is 1. The molecule has 0 spiro atoms. The van der Waals surface area contributed by atoms with Gasteiger partial charge >= 0.3 is 11.9 Å². The minimum atomic E-state index is -2.54. The largest absolute Gasteiger partial charge is 0.508 e. The summed E-state index contributed by atoms with van der Waals surface area (Å²) in [4.78, 5) is 47.7. The van der Waals surface area contributed by atoms with Gasteiger partial charge in [0.1, 0.15) is 47.9 Å². The summed E-state index contributed by atoms with van der Waals surface area (Å²) < 4.78 is 24.9. The quantitative estimate of drug-likeness (QED) is 0.0660. The van der Waals surface area contributed by atoms with Crippen LogP contribution in [0.2, 0.25) is 0 Å². The van der Waals surface area contributed by atoms with Crippen LogP contribution in [0.5, 0.6) is 11.5 Å². The molecular weight excluding hydrogens is 742 g/mol. The van der Waals surface area contributed by atoms with E-state index < -0.39 is 61.3 Å². The van der Waals surface area contributed by atoms with Crippen molar-refractivity contribution in [3.05, 3.63) is 107 Å². The molecule has 16 nitrogen and oxygen atoms in total. The highest BCUT2D eigenvalue weighted by Crippen LogP contribution is 2.36. The van der Waals surface area contributed by atoms with E-state index in [1.807, 2.05) is 38.1 Å². The molecule has 1 aliphatic heterocycles. The lowest BCUT2D eigenvalue weighted by Crippen LogP contribution is -2.72. The Bertz CT molecular complexity index is 2470. The lowest BCUT2D eigenvalue weighted by molar-refractivity contribution is -0.328. The number of aliphatic carboxylic acids is 1. The van der Waals surface area contributed by atoms with Crippen LogP contribution in [0.1, 0.15) is 11.1 Å². The van der Waals surface area contributed by atoms with E-state index in [4.69, 9.17) is 23.5 Å². The number of carbonyl (C=O) groups is 2. The number of aromatic hydroxyl groups is 1. The number of fused-ring (bicyclic) bond motifs is 2. The molecule has 4 heterocycles. The van der Waals surface area contributed by atoms with Gasteiger partial charge in [-0.1, -0.05) is 29.3 Å². The topological polar surface area (TPSA) is 235 Å². The Kier molecular flexibility index (Phi) is 10.8. The third-order valence-electron chi connectivity index (χ3n) is 9.94. The van der Waals surface area contributed by atoms with E-state index in [2.05, 4.69) is 10.3 Å². The Morgan fingerprint density at radius 1 is 1.04 bits per heavy atom. The molecule has 0 amide bonds. The third kappa shape index (κ3) is 7.56. The summed E-state index contributed by atoms with van der Waals surface area (Å²) in [7, 11) is 1.46. The van der Waals surface area contributed by atoms with Crippen LogP contribution in [0.4, 0.5) is 0 Å². The average molecular weight is 784 g/mol. The number of esters is 1. The third-order valence-corrected chi connectivity index (χ3v) is 9.94. The number of carbonyl (C=O) groups excluding carboxylic acids is 1. The fourth-order valence-electron chi connectivity index (χ4n) is 7.07. The van der Waals surface area contributed by atoms with Crippen molar-refractivity contribution in [2.45, 2.75) is 44.1 Å². The van der Waals surface area contributed by atoms with Crippen molar-refractivity contribution in [2.24, 2.45) is 5.92 Å². The van der Waals surface area contributed by atoms with Gasteiger partial charge in [0.2, 0.25) is 12.4 Å². The maximum atomic E-state index is 13.5. The van der Waals surface area contributed by atoms with Gasteiger partial charge in [0.25, 0.3) is 0 Å². The maximum absolute atomic E-state index is 13.5. The number of nitrogens with zero attached hydrogens (tertiary/aromatic N) is 1. The number of aromatic amines is 1. The highest BCUT2D eigenvalue weighted by atomic mass is 16.8. The standard InChI is InChI=1S/C41H41N3O13/c1-21-12-22(2)14-25(13-21)34-33-24(10-11-43-33)17-44(34)57-37-40(56-32(36(48)41(37,52)20-45)19-54-39(51)29(16-42-3)38(49)50)55-27-8-9-28-31(15-27)53-18-30(35(28)47)23-4-6-26(46)7-5-23/h4-15,17-18,29,32,36-37,40,42-43,45-46,48,52H,16,19-20H2,1-3H3,(H,49,50)/t29-,32-,36-,37+,40-,41+/m0/s1. The zero-order valence-corrected chi connectivity index (χ0v) is 31.0. The number of phenols is 1. The molecule has 6 aromatic rings. The molecule has 1 aliphatic rings. The van der Waals surface area contributed by atoms with Crippen molar-refractivity contribution in [2.75, 3.05) is 26.8 Å². The number of aryl methyl sites for hydroxylation is 2. The molecule has 57 heavy (non-hydrogen) atoms. The van der Waals surface area contributed by atoms with Crippen LogP contribution < -0.4 is 20.3 Å². The number of aliphatic hydroxyl groups excluding tert-OH is 2. The van der Waals surface area contributed by atoms with Crippen LogP contribution in [-0.2, 0) is 19.1 Å². The first-order valence-electron chi connectivity index (χ1n) is 18.0. The smallest absolute Gasteiger partial charge is 0.321 e. The van der Waals surface area contributed by atoms with Crippen LogP contribution in [0.3, 0.4) is 0 Å². The molecule has 1 fully saturated rings. The van der Waals surface area contributed by atoms with E-state index in [0.29, 0.717) is 16.8 Å². The number of rotatable bonds is 13. The monoisotopic (exact) mass is 783 g/mol. The molecule has 0 radical (unpaired) electrons. The van der Waals surface area contributed by atoms with Crippen molar-refractivity contribution in [3.63, 3.8) is 0 Å². The first-order chi connectivity index (χ1) is 27.3. The second-order valence-electron chi connectivity index (χ2n) is 14.0. The highest BCUT2D eigenvalue weighted by Gasteiger charge is 2.59. The van der Waals surface area contributed by atoms with Crippen LogP contribution in [0.15, 0.2) is 94.6 Å². The summed E-state index contributed by atoms with van der Waals surface area (Å²) in [5.74, 6) is -4.06. The lowest BCUT2D eigenvalue weighted by Gasteiger charge is -2.48. The average Bonchev–Trinajstić information content (AvgIpc) is 3.77. The number of phenolic OH excluding ortho intramolecular Hbond substituents is 1. The molecule has 298 valence electrons. The van der Waals surface area contributed by atoms with Crippen molar-refractivity contribution in [3.8, 4) is 33.9 Å². The van der Waals surface area contributed by atoms with Crippen molar-refractivity contribution in [1.29, 1.82) is 0 Å². The number of nitrogens with one attached hydrogen (secondary N) is 2. The number of hydrogen-bond acceptors (Lipinski definition) is 13. The van der Waals surface area contributed by atoms with Gasteiger partial charge in [0.05, 0.1) is 29.3 Å². The zero-order valence-electron chi connectivity index (χ0n) is 31.0. The van der Waals surface area contributed by atoms with Crippen LogP contribution in [-0.4, -0.2) is 104 Å². The summed E-state index contributed by atoms with van der Waals surface area (Å²) in [6, 6.07) is 18.1. The van der Waals surface area contributed by atoms with Gasteiger partial charge in [0.15, 0.2) is 16.9 Å². The predicted molar refractivity (Wildman–Crippen MR) is 204 cm³/mol. The molecule has 0 bridgehead atoms. The molecule has 0 unspecified atom stereocenters. The van der Waals surface area contributed by atoms with E-state index >= 15 is 0 Å². The fourth-order valence-corrected chi connectivity index (χ4v) is 7.07. The molecular formula is C41H41N3O13. The normalized spacial score (nSPS) is 21.4. The number of hydrogen-bond donors (Lipinski definition) is 7. The van der Waals surface area contributed by atoms with E-state index in [-0.39, 0.29) is 40.0 Å². The number of benzene rings is 3. The van der Waals surface area contributed by atoms with E-state index in [1.165, 1.54) is 48.4 Å². The molecule has 3 aromatic carbocycles. The van der Waals surface area contributed by atoms with Gasteiger partial charge in [-0.25, -0.2) is 0 Å². The molecule has 3 aromatic heterocycles. The van der Waals surface area contributed by atoms with Crippen LogP contribution >= 0.6 is 0 Å². The molecule has 0 aliphatic carbocycles. The fraction of sp³-hybridized carbons (Fsp3) is 0.293. The molecule has 6 atom stereocenters. The number of aliphatic hydroxyl groups is 3. The Labute approximate surface area is 324 Å². The summed E-state index contributed by atoms with van der Waals surface area (Å²) in [5, 5.41) is 57.3. The summed E-state index contributed by atoms with van der Waals surface area (Å²) >= 11 is 0. The van der Waals surface area contributed by atoms with E-state index in [0.717, 1.165) is 22.1 Å². The van der Waals surface area contributed by atoms with Gasteiger partial charge in [-0.2, -0.15) is 4.73 Å². The summed E-state index contributed by atoms with van der Waals surface area (Å²) in [6.07, 6.45) is -2.20. The SMILES string of the molecule is CNC[C@@H](C(=O)O)C(=O)OC[C@@H]1O[C@H](Oc2ccc3c(=O)c(-c4ccc(O)cc4)coc3c2)[C@@H](On2cc3cc[nH]c3c2-c2cc(C)cc(C)c2)[C@@](O)(CO)[C@H]1O. The Balaban J connectivity index is 1.27. The number of carboxylic acids is 1. The molecule has 1 saturated heterocycles. The predicted octanol–water partition coefficient (Wildman–Crippen LogP) is 2.88. The second kappa shape index (κ2) is 15.8. The van der Waals surface area contributed by atoms with Gasteiger partial charge in [-0.15, -0.1) is 0 Å². The van der Waals surface area contributed by atoms with Crippen LogP contribution in [0, 0.1) is 19.8 Å². The molecule has 0 saturated carbocycles. The van der Waals surface area contributed by atoms with E-state index in [9.17, 15) is 39.9 Å². The first kappa shape index (κ1) is 39.1. The molecule has 7 N–H and O–H groups in total. The van der Waals surface area contributed by atoms with Gasteiger partial charge < -0.3 is 59.3 Å². The Hall–Kier alpha value is -6.17. The minimum Gasteiger partial charge on any atom is -0.508 e. The van der Waals surface area contributed by atoms with Gasteiger partial charge in [0, 0.05) is 29.8 Å². The number of carboxylic acid groups (broad SMARTS) is 1. The second-order valence-corrected chi connectivity index (χ2v) is 14.0. The van der Waals surface area contributed by atoms with Gasteiger partial charge in [-0.3, -0.25) is 14.4 Å². The van der Waals surface area contributed by atoms with Crippen molar-refractivity contribution in [1.82, 2.24) is 15.0 Å². The van der Waals surface area contributed by atoms with Crippen LogP contribution in [0.25, 0.3) is 44.3 Å². The maximum Gasteiger partial charge on any atom is 0.321 e. The Morgan fingerprint density at radius 2 is 1.77 bits per heavy atom. The lowest BCUT2D eigenvalue weighted by atomic mass is 9.84. The first-order valence-corrected chi connectivity index (χ1v) is 18.0. The van der Waals surface area contributed by atoms with Gasteiger partial charge in [-0.05, 0) is 68.9 Å². The molecule has 7 rings (SSSR count). The Morgan fingerprint density at radius 3 is 2.46 bits per heavy atom. The minimum absolute atomic E-state index is 0.0352. The van der Waals surface area contributed by atoms with E-state index in [1.54, 1.807) is 24.5 Å². The number of aromatic nitrogens is 2. The van der Waals surface area contributed by atoms with Crippen molar-refractivity contribution < 1.29 is 58.6 Å². The summed E-state index contributed by atoms with van der Waals surface area (Å²) in [6.45, 7) is 1.82. The number of ether oxygens (including phenoxy) is 3. The highest BCUT2D eigenvalue weighted by molar-refractivity contribution is 5.94. The van der Waals surface area contributed by atoms with Crippen molar-refractivity contribution >= 4 is 33.8 Å². The summed E-state index contributed by atoms with van der Waals surface area (Å²) in [5.41, 5.74) is 1.93. The molecule has 16 heteroatoms.